The smallest absolute Gasteiger partial charge is 0.306 e. The van der Waals surface area contributed by atoms with Gasteiger partial charge in [-0.25, -0.2) is 0 Å². The minimum absolute atomic E-state index is 0.112. The van der Waals surface area contributed by atoms with Crippen molar-refractivity contribution in [2.24, 2.45) is 17.8 Å². The van der Waals surface area contributed by atoms with Crippen LogP contribution in [-0.4, -0.2) is 11.1 Å². The average molecular weight is 397 g/mol. The lowest BCUT2D eigenvalue weighted by Crippen LogP contribution is -2.18. The van der Waals surface area contributed by atoms with Gasteiger partial charge in [0.25, 0.3) is 0 Å². The van der Waals surface area contributed by atoms with Crippen molar-refractivity contribution in [2.45, 2.75) is 143 Å². The Kier molecular flexibility index (Phi) is 19.4. The van der Waals surface area contributed by atoms with Crippen LogP contribution in [0.1, 0.15) is 143 Å². The van der Waals surface area contributed by atoms with E-state index in [0.29, 0.717) is 5.92 Å². The lowest BCUT2D eigenvalue weighted by atomic mass is 9.84. The molecule has 0 spiro atoms. The Hall–Kier alpha value is -0.530. The second kappa shape index (κ2) is 19.8. The molecule has 0 aliphatic heterocycles. The standard InChI is InChI=1S/C26H52O2/c1-5-7-9-16-20-24(19-8-6-2)22-25(26(27)28)21-17-14-12-10-11-13-15-18-23(3)4/h23-25H,5-22H2,1-4H3,(H,27,28). The van der Waals surface area contributed by atoms with E-state index in [1.54, 1.807) is 0 Å². The maximum absolute atomic E-state index is 11.8. The molecule has 0 aliphatic rings. The van der Waals surface area contributed by atoms with Crippen LogP contribution in [0.25, 0.3) is 0 Å². The summed E-state index contributed by atoms with van der Waals surface area (Å²) in [6.07, 6.45) is 22.3. The van der Waals surface area contributed by atoms with E-state index in [1.165, 1.54) is 96.3 Å². The van der Waals surface area contributed by atoms with Crippen LogP contribution < -0.4 is 0 Å². The summed E-state index contributed by atoms with van der Waals surface area (Å²) in [5.74, 6) is 0.794. The number of unbranched alkanes of at least 4 members (excludes halogenated alkanes) is 10. The van der Waals surface area contributed by atoms with Crippen molar-refractivity contribution in [1.82, 2.24) is 0 Å². The van der Waals surface area contributed by atoms with Gasteiger partial charge in [-0.15, -0.1) is 0 Å². The van der Waals surface area contributed by atoms with E-state index in [4.69, 9.17) is 0 Å². The highest BCUT2D eigenvalue weighted by atomic mass is 16.4. The molecule has 2 unspecified atom stereocenters. The van der Waals surface area contributed by atoms with Crippen molar-refractivity contribution in [3.05, 3.63) is 0 Å². The van der Waals surface area contributed by atoms with E-state index in [2.05, 4.69) is 27.7 Å². The quantitative estimate of drug-likeness (QED) is 0.196. The zero-order chi connectivity index (χ0) is 21.0. The normalized spacial score (nSPS) is 13.8. The molecule has 0 radical (unpaired) electrons. The summed E-state index contributed by atoms with van der Waals surface area (Å²) in [4.78, 5) is 11.8. The highest BCUT2D eigenvalue weighted by Crippen LogP contribution is 2.27. The molecule has 0 heterocycles. The van der Waals surface area contributed by atoms with E-state index < -0.39 is 5.97 Å². The van der Waals surface area contributed by atoms with E-state index in [9.17, 15) is 9.90 Å². The molecule has 0 aromatic carbocycles. The minimum Gasteiger partial charge on any atom is -0.481 e. The molecule has 0 bridgehead atoms. The summed E-state index contributed by atoms with van der Waals surface area (Å²) in [6.45, 7) is 9.10. The fourth-order valence-corrected chi connectivity index (χ4v) is 4.30. The Morgan fingerprint density at radius 2 is 1.11 bits per heavy atom. The lowest BCUT2D eigenvalue weighted by Gasteiger charge is -2.21. The van der Waals surface area contributed by atoms with E-state index in [1.807, 2.05) is 0 Å². The Bertz CT molecular complexity index is 337. The molecule has 2 nitrogen and oxygen atoms in total. The molecule has 0 aromatic heterocycles. The van der Waals surface area contributed by atoms with Gasteiger partial charge >= 0.3 is 5.97 Å². The SMILES string of the molecule is CCCCCCC(CCCC)CC(CCCCCCCCCC(C)C)C(=O)O. The summed E-state index contributed by atoms with van der Waals surface area (Å²) in [6, 6.07) is 0. The first-order valence-corrected chi connectivity index (χ1v) is 12.7. The van der Waals surface area contributed by atoms with Crippen LogP contribution in [-0.2, 0) is 4.79 Å². The van der Waals surface area contributed by atoms with Gasteiger partial charge in [-0.05, 0) is 24.7 Å². The van der Waals surface area contributed by atoms with Crippen molar-refractivity contribution in [3.63, 3.8) is 0 Å². The molecule has 168 valence electrons. The first-order valence-electron chi connectivity index (χ1n) is 12.7. The van der Waals surface area contributed by atoms with Gasteiger partial charge in [0.1, 0.15) is 0 Å². The number of carboxylic acid groups (broad SMARTS) is 1. The predicted octanol–water partition coefficient (Wildman–Crippen LogP) is 9.02. The number of hydrogen-bond acceptors (Lipinski definition) is 1. The maximum Gasteiger partial charge on any atom is 0.306 e. The molecule has 0 rings (SSSR count). The van der Waals surface area contributed by atoms with Crippen molar-refractivity contribution in [1.29, 1.82) is 0 Å². The summed E-state index contributed by atoms with van der Waals surface area (Å²) >= 11 is 0. The first kappa shape index (κ1) is 27.5. The van der Waals surface area contributed by atoms with Crippen LogP contribution in [0.3, 0.4) is 0 Å². The molecule has 1 N–H and O–H groups in total. The third-order valence-corrected chi connectivity index (χ3v) is 6.23. The number of carboxylic acids is 1. The van der Waals surface area contributed by atoms with Crippen LogP contribution in [0, 0.1) is 17.8 Å². The lowest BCUT2D eigenvalue weighted by molar-refractivity contribution is -0.142. The first-order chi connectivity index (χ1) is 13.5. The van der Waals surface area contributed by atoms with Crippen LogP contribution in [0.4, 0.5) is 0 Å². The molecule has 28 heavy (non-hydrogen) atoms. The molecule has 0 fully saturated rings. The zero-order valence-electron chi connectivity index (χ0n) is 19.8. The maximum atomic E-state index is 11.8. The minimum atomic E-state index is -0.552. The highest BCUT2D eigenvalue weighted by Gasteiger charge is 2.21. The Balaban J connectivity index is 4.03. The fraction of sp³-hybridized carbons (Fsp3) is 0.962. The molecule has 0 aromatic rings. The van der Waals surface area contributed by atoms with Crippen molar-refractivity contribution in [3.8, 4) is 0 Å². The van der Waals surface area contributed by atoms with Gasteiger partial charge in [-0.3, -0.25) is 4.79 Å². The van der Waals surface area contributed by atoms with Crippen molar-refractivity contribution in [2.75, 3.05) is 0 Å². The van der Waals surface area contributed by atoms with Gasteiger partial charge in [-0.2, -0.15) is 0 Å². The second-order valence-corrected chi connectivity index (χ2v) is 9.57. The molecule has 2 heteroatoms. The van der Waals surface area contributed by atoms with Gasteiger partial charge in [0.2, 0.25) is 0 Å². The number of rotatable bonds is 21. The number of hydrogen-bond donors (Lipinski definition) is 1. The van der Waals surface area contributed by atoms with Crippen LogP contribution in [0.5, 0.6) is 0 Å². The van der Waals surface area contributed by atoms with Gasteiger partial charge in [0.15, 0.2) is 0 Å². The predicted molar refractivity (Wildman–Crippen MR) is 124 cm³/mol. The van der Waals surface area contributed by atoms with E-state index in [0.717, 1.165) is 25.2 Å². The fourth-order valence-electron chi connectivity index (χ4n) is 4.30. The molecule has 2 atom stereocenters. The van der Waals surface area contributed by atoms with Crippen LogP contribution in [0.2, 0.25) is 0 Å². The highest BCUT2D eigenvalue weighted by molar-refractivity contribution is 5.69. The molecular formula is C26H52O2. The summed E-state index contributed by atoms with van der Waals surface area (Å²) in [7, 11) is 0. The van der Waals surface area contributed by atoms with Crippen LogP contribution >= 0.6 is 0 Å². The Labute approximate surface area is 177 Å². The van der Waals surface area contributed by atoms with E-state index >= 15 is 0 Å². The van der Waals surface area contributed by atoms with Gasteiger partial charge in [0, 0.05) is 0 Å². The molecule has 0 saturated heterocycles. The van der Waals surface area contributed by atoms with Crippen molar-refractivity contribution < 1.29 is 9.90 Å². The average Bonchev–Trinajstić information content (AvgIpc) is 2.66. The van der Waals surface area contributed by atoms with Gasteiger partial charge in [-0.1, -0.05) is 130 Å². The third kappa shape index (κ3) is 17.6. The number of aliphatic carboxylic acids is 1. The van der Waals surface area contributed by atoms with Crippen molar-refractivity contribution >= 4 is 5.97 Å². The molecule has 0 aliphatic carbocycles. The largest absolute Gasteiger partial charge is 0.481 e. The topological polar surface area (TPSA) is 37.3 Å². The molecule has 0 saturated carbocycles. The second-order valence-electron chi connectivity index (χ2n) is 9.57. The summed E-state index contributed by atoms with van der Waals surface area (Å²) < 4.78 is 0. The zero-order valence-corrected chi connectivity index (χ0v) is 19.8. The summed E-state index contributed by atoms with van der Waals surface area (Å²) in [5, 5.41) is 9.70. The third-order valence-electron chi connectivity index (χ3n) is 6.23. The molecular weight excluding hydrogens is 344 g/mol. The number of carbonyl (C=O) groups is 1. The molecule has 0 amide bonds. The Morgan fingerprint density at radius 3 is 1.64 bits per heavy atom. The Morgan fingerprint density at radius 1 is 0.643 bits per heavy atom. The monoisotopic (exact) mass is 396 g/mol. The van der Waals surface area contributed by atoms with Gasteiger partial charge in [0.05, 0.1) is 5.92 Å². The van der Waals surface area contributed by atoms with E-state index in [-0.39, 0.29) is 5.92 Å². The summed E-state index contributed by atoms with van der Waals surface area (Å²) in [5.41, 5.74) is 0. The van der Waals surface area contributed by atoms with Crippen LogP contribution in [0.15, 0.2) is 0 Å². The van der Waals surface area contributed by atoms with Gasteiger partial charge < -0.3 is 5.11 Å².